The molecule has 3 heteroatoms. The second-order valence-electron chi connectivity index (χ2n) is 7.20. The summed E-state index contributed by atoms with van der Waals surface area (Å²) < 4.78 is 0. The minimum absolute atomic E-state index is 0.147. The molecule has 1 aliphatic rings. The summed E-state index contributed by atoms with van der Waals surface area (Å²) in [5.41, 5.74) is 5.86. The first kappa shape index (κ1) is 16.8. The summed E-state index contributed by atoms with van der Waals surface area (Å²) in [6.07, 6.45) is 3.41. The lowest BCUT2D eigenvalue weighted by atomic mass is 9.96. The van der Waals surface area contributed by atoms with Gasteiger partial charge in [-0.25, -0.2) is 4.98 Å². The number of likely N-dealkylation sites (tertiary alicyclic amines) is 1. The Balaban J connectivity index is 1.91. The summed E-state index contributed by atoms with van der Waals surface area (Å²) in [6, 6.07) is 16.4. The summed E-state index contributed by atoms with van der Waals surface area (Å²) in [5, 5.41) is 0.955. The molecule has 3 nitrogen and oxygen atoms in total. The molecule has 0 bridgehead atoms. The Morgan fingerprint density at radius 3 is 2.35 bits per heavy atom. The van der Waals surface area contributed by atoms with Crippen molar-refractivity contribution in [3.05, 3.63) is 65.2 Å². The van der Waals surface area contributed by atoms with E-state index in [4.69, 9.17) is 4.98 Å². The Morgan fingerprint density at radius 2 is 1.62 bits per heavy atom. The number of fused-ring (bicyclic) bond motifs is 1. The third-order valence-corrected chi connectivity index (χ3v) is 5.32. The smallest absolute Gasteiger partial charge is 0.254 e. The molecule has 0 unspecified atom stereocenters. The first-order valence-corrected chi connectivity index (χ1v) is 9.41. The maximum atomic E-state index is 13.4. The lowest BCUT2D eigenvalue weighted by molar-refractivity contribution is 0.0725. The van der Waals surface area contributed by atoms with Gasteiger partial charge in [0.1, 0.15) is 0 Å². The van der Waals surface area contributed by atoms with Gasteiger partial charge in [0, 0.05) is 24.0 Å². The number of aryl methyl sites for hydroxylation is 1. The monoisotopic (exact) mass is 344 g/mol. The number of nitrogens with zero attached hydrogens (tertiary/aromatic N) is 2. The zero-order chi connectivity index (χ0) is 18.1. The molecule has 2 heterocycles. The molecule has 0 radical (unpaired) electrons. The SMILES string of the molecule is Cc1ccc(-c2nc3ccccc3c(C(=O)N3CCCCC3)c2C)cc1. The van der Waals surface area contributed by atoms with Gasteiger partial charge in [-0.05, 0) is 44.7 Å². The number of para-hydroxylation sites is 1. The molecule has 1 amide bonds. The molecule has 0 atom stereocenters. The predicted octanol–water partition coefficient (Wildman–Crippen LogP) is 5.14. The minimum atomic E-state index is 0.147. The zero-order valence-electron chi connectivity index (χ0n) is 15.5. The average Bonchev–Trinajstić information content (AvgIpc) is 2.68. The number of aromatic nitrogens is 1. The Hall–Kier alpha value is -2.68. The molecule has 0 saturated carbocycles. The maximum Gasteiger partial charge on any atom is 0.254 e. The van der Waals surface area contributed by atoms with Gasteiger partial charge in [-0.3, -0.25) is 4.79 Å². The van der Waals surface area contributed by atoms with Crippen LogP contribution in [0.15, 0.2) is 48.5 Å². The van der Waals surface area contributed by atoms with Crippen molar-refractivity contribution in [2.24, 2.45) is 0 Å². The largest absolute Gasteiger partial charge is 0.339 e. The second-order valence-corrected chi connectivity index (χ2v) is 7.20. The molecule has 0 aliphatic carbocycles. The van der Waals surface area contributed by atoms with Crippen molar-refractivity contribution in [2.75, 3.05) is 13.1 Å². The highest BCUT2D eigenvalue weighted by molar-refractivity contribution is 6.08. The standard InChI is InChI=1S/C23H24N2O/c1-16-10-12-18(13-11-16)22-17(2)21(19-8-4-5-9-20(19)24-22)23(26)25-14-6-3-7-15-25/h4-5,8-13H,3,6-7,14-15H2,1-2H3. The van der Waals surface area contributed by atoms with Crippen LogP contribution in [0, 0.1) is 13.8 Å². The van der Waals surface area contributed by atoms with Crippen molar-refractivity contribution >= 4 is 16.8 Å². The summed E-state index contributed by atoms with van der Waals surface area (Å²) in [6.45, 7) is 5.82. The van der Waals surface area contributed by atoms with Crippen LogP contribution >= 0.6 is 0 Å². The molecule has 0 N–H and O–H groups in total. The number of hydrogen-bond donors (Lipinski definition) is 0. The number of benzene rings is 2. The minimum Gasteiger partial charge on any atom is -0.339 e. The number of piperidine rings is 1. The maximum absolute atomic E-state index is 13.4. The Kier molecular flexibility index (Phi) is 4.46. The van der Waals surface area contributed by atoms with E-state index >= 15 is 0 Å². The summed E-state index contributed by atoms with van der Waals surface area (Å²) in [7, 11) is 0. The van der Waals surface area contributed by atoms with E-state index in [2.05, 4.69) is 31.2 Å². The highest BCUT2D eigenvalue weighted by Gasteiger charge is 2.24. The summed E-state index contributed by atoms with van der Waals surface area (Å²) >= 11 is 0. The summed E-state index contributed by atoms with van der Waals surface area (Å²) in [5.74, 6) is 0.147. The molecule has 1 saturated heterocycles. The molecular weight excluding hydrogens is 320 g/mol. The van der Waals surface area contributed by atoms with Gasteiger partial charge in [-0.1, -0.05) is 48.0 Å². The molecule has 1 fully saturated rings. The van der Waals surface area contributed by atoms with E-state index in [1.807, 2.05) is 36.1 Å². The van der Waals surface area contributed by atoms with Crippen LogP contribution in [0.1, 0.15) is 40.7 Å². The number of pyridine rings is 1. The lowest BCUT2D eigenvalue weighted by Crippen LogP contribution is -2.36. The number of amides is 1. The average molecular weight is 344 g/mol. The highest BCUT2D eigenvalue weighted by atomic mass is 16.2. The van der Waals surface area contributed by atoms with Crippen molar-refractivity contribution < 1.29 is 4.79 Å². The van der Waals surface area contributed by atoms with Crippen LogP contribution in [0.25, 0.3) is 22.2 Å². The Labute approximate surface area is 154 Å². The molecule has 2 aromatic carbocycles. The molecule has 26 heavy (non-hydrogen) atoms. The van der Waals surface area contributed by atoms with Crippen molar-refractivity contribution in [1.29, 1.82) is 0 Å². The fraction of sp³-hybridized carbons (Fsp3) is 0.304. The van der Waals surface area contributed by atoms with Gasteiger partial charge in [-0.15, -0.1) is 0 Å². The van der Waals surface area contributed by atoms with Gasteiger partial charge in [0.15, 0.2) is 0 Å². The fourth-order valence-corrected chi connectivity index (χ4v) is 3.83. The van der Waals surface area contributed by atoms with E-state index in [-0.39, 0.29) is 5.91 Å². The van der Waals surface area contributed by atoms with E-state index in [9.17, 15) is 4.79 Å². The number of hydrogen-bond acceptors (Lipinski definition) is 2. The number of rotatable bonds is 2. The van der Waals surface area contributed by atoms with E-state index < -0.39 is 0 Å². The topological polar surface area (TPSA) is 33.2 Å². The second kappa shape index (κ2) is 6.91. The normalized spacial score (nSPS) is 14.6. The van der Waals surface area contributed by atoms with Crippen LogP contribution in [0.5, 0.6) is 0 Å². The van der Waals surface area contributed by atoms with Gasteiger partial charge in [-0.2, -0.15) is 0 Å². The Morgan fingerprint density at radius 1 is 0.923 bits per heavy atom. The van der Waals surface area contributed by atoms with Gasteiger partial charge in [0.25, 0.3) is 5.91 Å². The first-order valence-electron chi connectivity index (χ1n) is 9.41. The van der Waals surface area contributed by atoms with Gasteiger partial charge < -0.3 is 4.90 Å². The van der Waals surface area contributed by atoms with Crippen molar-refractivity contribution in [1.82, 2.24) is 9.88 Å². The third kappa shape index (κ3) is 2.98. The van der Waals surface area contributed by atoms with E-state index in [1.165, 1.54) is 12.0 Å². The van der Waals surface area contributed by atoms with Crippen LogP contribution in [0.3, 0.4) is 0 Å². The molecule has 1 aliphatic heterocycles. The van der Waals surface area contributed by atoms with Crippen molar-refractivity contribution in [2.45, 2.75) is 33.1 Å². The van der Waals surface area contributed by atoms with E-state index in [0.717, 1.165) is 59.2 Å². The number of carbonyl (C=O) groups is 1. The molecule has 3 aromatic rings. The summed E-state index contributed by atoms with van der Waals surface area (Å²) in [4.78, 5) is 20.3. The van der Waals surface area contributed by atoms with Crippen LogP contribution < -0.4 is 0 Å². The third-order valence-electron chi connectivity index (χ3n) is 5.32. The van der Waals surface area contributed by atoms with Gasteiger partial charge >= 0.3 is 0 Å². The van der Waals surface area contributed by atoms with Crippen molar-refractivity contribution in [3.8, 4) is 11.3 Å². The lowest BCUT2D eigenvalue weighted by Gasteiger charge is -2.28. The molecule has 1 aromatic heterocycles. The quantitative estimate of drug-likeness (QED) is 0.644. The predicted molar refractivity (Wildman–Crippen MR) is 106 cm³/mol. The molecule has 0 spiro atoms. The van der Waals surface area contributed by atoms with Crippen LogP contribution in [-0.4, -0.2) is 28.9 Å². The molecular formula is C23H24N2O. The first-order chi connectivity index (χ1) is 12.6. The van der Waals surface area contributed by atoms with Gasteiger partial charge in [0.2, 0.25) is 0 Å². The highest BCUT2D eigenvalue weighted by Crippen LogP contribution is 2.31. The van der Waals surface area contributed by atoms with Crippen LogP contribution in [0.2, 0.25) is 0 Å². The zero-order valence-corrected chi connectivity index (χ0v) is 15.5. The fourth-order valence-electron chi connectivity index (χ4n) is 3.83. The number of carbonyl (C=O) groups excluding carboxylic acids is 1. The van der Waals surface area contributed by atoms with Crippen molar-refractivity contribution in [3.63, 3.8) is 0 Å². The van der Waals surface area contributed by atoms with Crippen LogP contribution in [-0.2, 0) is 0 Å². The molecule has 4 rings (SSSR count). The Bertz CT molecular complexity index is 954. The van der Waals surface area contributed by atoms with Gasteiger partial charge in [0.05, 0.1) is 16.8 Å². The van der Waals surface area contributed by atoms with Crippen LogP contribution in [0.4, 0.5) is 0 Å². The van der Waals surface area contributed by atoms with E-state index in [1.54, 1.807) is 0 Å². The van der Waals surface area contributed by atoms with E-state index in [0.29, 0.717) is 0 Å². The molecule has 132 valence electrons.